The van der Waals surface area contributed by atoms with Gasteiger partial charge in [0.1, 0.15) is 0 Å². The molecule has 16 heavy (non-hydrogen) atoms. The van der Waals surface area contributed by atoms with Gasteiger partial charge in [0.05, 0.1) is 0 Å². The molecule has 2 N–H and O–H groups in total. The van der Waals surface area contributed by atoms with Crippen LogP contribution in [0.1, 0.15) is 59.8 Å². The number of nitrogens with zero attached hydrogens (tertiary/aromatic N) is 1. The van der Waals surface area contributed by atoms with Gasteiger partial charge in [-0.05, 0) is 45.2 Å². The average Bonchev–Trinajstić information content (AvgIpc) is 2.23. The summed E-state index contributed by atoms with van der Waals surface area (Å²) < 4.78 is 0. The minimum absolute atomic E-state index is 0.370. The van der Waals surface area contributed by atoms with Crippen molar-refractivity contribution in [1.29, 1.82) is 0 Å². The molecule has 0 aromatic rings. The van der Waals surface area contributed by atoms with Crippen LogP contribution in [0.3, 0.4) is 0 Å². The predicted octanol–water partition coefficient (Wildman–Crippen LogP) is 3.26. The molecule has 2 nitrogen and oxygen atoms in total. The van der Waals surface area contributed by atoms with Crippen LogP contribution >= 0.6 is 0 Å². The van der Waals surface area contributed by atoms with E-state index in [0.717, 1.165) is 5.92 Å². The van der Waals surface area contributed by atoms with Crippen molar-refractivity contribution in [3.8, 4) is 0 Å². The van der Waals surface area contributed by atoms with Gasteiger partial charge < -0.3 is 10.6 Å². The molecule has 0 amide bonds. The first kappa shape index (κ1) is 15.9. The van der Waals surface area contributed by atoms with E-state index in [2.05, 4.69) is 32.6 Å². The van der Waals surface area contributed by atoms with Gasteiger partial charge in [-0.1, -0.05) is 33.6 Å². The summed E-state index contributed by atoms with van der Waals surface area (Å²) in [5.41, 5.74) is 5.76. The first-order valence-corrected chi connectivity index (χ1v) is 7.08. The molecule has 0 radical (unpaired) electrons. The largest absolute Gasteiger partial charge is 0.328 e. The molecular formula is C14H32N2. The highest BCUT2D eigenvalue weighted by Crippen LogP contribution is 2.11. The molecule has 0 saturated carbocycles. The Morgan fingerprint density at radius 2 is 1.75 bits per heavy atom. The molecule has 0 aliphatic heterocycles. The first-order valence-electron chi connectivity index (χ1n) is 7.08. The van der Waals surface area contributed by atoms with E-state index in [1.54, 1.807) is 0 Å². The summed E-state index contributed by atoms with van der Waals surface area (Å²) in [5.74, 6) is 0.815. The molecule has 0 spiro atoms. The molecular weight excluding hydrogens is 196 g/mol. The third kappa shape index (κ3) is 9.17. The van der Waals surface area contributed by atoms with Gasteiger partial charge in [-0.25, -0.2) is 0 Å². The molecule has 0 heterocycles. The van der Waals surface area contributed by atoms with Crippen molar-refractivity contribution in [1.82, 2.24) is 4.90 Å². The fraction of sp³-hybridized carbons (Fsp3) is 1.00. The Kier molecular flexibility index (Phi) is 10.0. The molecule has 2 heteroatoms. The summed E-state index contributed by atoms with van der Waals surface area (Å²) in [6.07, 6.45) is 6.41. The van der Waals surface area contributed by atoms with Crippen molar-refractivity contribution in [2.24, 2.45) is 11.7 Å². The lowest BCUT2D eigenvalue weighted by Crippen LogP contribution is -2.29. The van der Waals surface area contributed by atoms with Gasteiger partial charge in [-0.2, -0.15) is 0 Å². The summed E-state index contributed by atoms with van der Waals surface area (Å²) >= 11 is 0. The summed E-state index contributed by atoms with van der Waals surface area (Å²) in [6, 6.07) is 0.370. The lowest BCUT2D eigenvalue weighted by molar-refractivity contribution is 0.237. The highest BCUT2D eigenvalue weighted by molar-refractivity contribution is 4.63. The third-order valence-electron chi connectivity index (χ3n) is 3.20. The molecule has 0 aromatic carbocycles. The smallest absolute Gasteiger partial charge is 0.00104 e. The van der Waals surface area contributed by atoms with Crippen molar-refractivity contribution < 1.29 is 0 Å². The van der Waals surface area contributed by atoms with Crippen molar-refractivity contribution in [3.63, 3.8) is 0 Å². The Morgan fingerprint density at radius 1 is 1.06 bits per heavy atom. The van der Waals surface area contributed by atoms with Crippen molar-refractivity contribution >= 4 is 0 Å². The quantitative estimate of drug-likeness (QED) is 0.622. The van der Waals surface area contributed by atoms with Crippen molar-refractivity contribution in [2.45, 2.75) is 65.8 Å². The second-order valence-electron chi connectivity index (χ2n) is 5.26. The first-order chi connectivity index (χ1) is 7.60. The monoisotopic (exact) mass is 228 g/mol. The van der Waals surface area contributed by atoms with Crippen LogP contribution in [0.5, 0.6) is 0 Å². The lowest BCUT2D eigenvalue weighted by atomic mass is 10.0. The van der Waals surface area contributed by atoms with E-state index in [-0.39, 0.29) is 0 Å². The Morgan fingerprint density at radius 3 is 2.25 bits per heavy atom. The van der Waals surface area contributed by atoms with Gasteiger partial charge in [0.2, 0.25) is 0 Å². The zero-order chi connectivity index (χ0) is 12.4. The van der Waals surface area contributed by atoms with E-state index in [1.165, 1.54) is 51.7 Å². The van der Waals surface area contributed by atoms with Crippen LogP contribution in [-0.2, 0) is 0 Å². The second kappa shape index (κ2) is 10.1. The predicted molar refractivity (Wildman–Crippen MR) is 73.7 cm³/mol. The molecule has 2 atom stereocenters. The minimum Gasteiger partial charge on any atom is -0.328 e. The highest BCUT2D eigenvalue weighted by atomic mass is 15.1. The average molecular weight is 228 g/mol. The molecule has 98 valence electrons. The van der Waals surface area contributed by atoms with Crippen LogP contribution in [-0.4, -0.2) is 30.6 Å². The van der Waals surface area contributed by atoms with Crippen LogP contribution in [0.4, 0.5) is 0 Å². The molecule has 0 aliphatic rings. The van der Waals surface area contributed by atoms with E-state index in [4.69, 9.17) is 5.73 Å². The van der Waals surface area contributed by atoms with E-state index in [1.807, 2.05) is 0 Å². The SMILES string of the molecule is CCCCN(CC)CC(C)CCCC(C)N. The van der Waals surface area contributed by atoms with Gasteiger partial charge in [0.25, 0.3) is 0 Å². The van der Waals surface area contributed by atoms with E-state index in [9.17, 15) is 0 Å². The fourth-order valence-corrected chi connectivity index (χ4v) is 2.08. The number of hydrogen-bond acceptors (Lipinski definition) is 2. The Labute approximate surface area is 103 Å². The number of hydrogen-bond donors (Lipinski definition) is 1. The number of rotatable bonds is 10. The Hall–Kier alpha value is -0.0800. The summed E-state index contributed by atoms with van der Waals surface area (Å²) in [4.78, 5) is 2.58. The lowest BCUT2D eigenvalue weighted by Gasteiger charge is -2.24. The van der Waals surface area contributed by atoms with Crippen LogP contribution in [0.25, 0.3) is 0 Å². The minimum atomic E-state index is 0.370. The van der Waals surface area contributed by atoms with Gasteiger partial charge >= 0.3 is 0 Å². The Bertz CT molecular complexity index is 146. The van der Waals surface area contributed by atoms with Gasteiger partial charge in [0.15, 0.2) is 0 Å². The maximum absolute atomic E-state index is 5.76. The topological polar surface area (TPSA) is 29.3 Å². The highest BCUT2D eigenvalue weighted by Gasteiger charge is 2.08. The summed E-state index contributed by atoms with van der Waals surface area (Å²) in [7, 11) is 0. The van der Waals surface area contributed by atoms with Crippen LogP contribution < -0.4 is 5.73 Å². The molecule has 0 aliphatic carbocycles. The third-order valence-corrected chi connectivity index (χ3v) is 3.20. The van der Waals surface area contributed by atoms with Crippen molar-refractivity contribution in [2.75, 3.05) is 19.6 Å². The maximum Gasteiger partial charge on any atom is 0.00104 e. The van der Waals surface area contributed by atoms with Crippen LogP contribution in [0.2, 0.25) is 0 Å². The fourth-order valence-electron chi connectivity index (χ4n) is 2.08. The van der Waals surface area contributed by atoms with E-state index >= 15 is 0 Å². The number of unbranched alkanes of at least 4 members (excludes halogenated alkanes) is 1. The molecule has 0 aromatic heterocycles. The summed E-state index contributed by atoms with van der Waals surface area (Å²) in [6.45, 7) is 12.7. The Balaban J connectivity index is 3.60. The normalized spacial score (nSPS) is 15.4. The number of nitrogens with two attached hydrogens (primary N) is 1. The zero-order valence-electron chi connectivity index (χ0n) is 11.8. The van der Waals surface area contributed by atoms with E-state index in [0.29, 0.717) is 6.04 Å². The maximum atomic E-state index is 5.76. The standard InChI is InChI=1S/C14H32N2/c1-5-7-11-16(6-2)12-13(3)9-8-10-14(4)15/h13-14H,5-12,15H2,1-4H3. The molecule has 0 fully saturated rings. The second-order valence-corrected chi connectivity index (χ2v) is 5.26. The van der Waals surface area contributed by atoms with Crippen LogP contribution in [0, 0.1) is 5.92 Å². The van der Waals surface area contributed by atoms with E-state index < -0.39 is 0 Å². The molecule has 0 bridgehead atoms. The van der Waals surface area contributed by atoms with Gasteiger partial charge in [-0.15, -0.1) is 0 Å². The zero-order valence-corrected chi connectivity index (χ0v) is 11.8. The molecule has 2 unspecified atom stereocenters. The van der Waals surface area contributed by atoms with Crippen molar-refractivity contribution in [3.05, 3.63) is 0 Å². The van der Waals surface area contributed by atoms with Gasteiger partial charge in [0, 0.05) is 12.6 Å². The van der Waals surface area contributed by atoms with Gasteiger partial charge in [-0.3, -0.25) is 0 Å². The molecule has 0 rings (SSSR count). The summed E-state index contributed by atoms with van der Waals surface area (Å²) in [5, 5.41) is 0. The molecule has 0 saturated heterocycles. The van der Waals surface area contributed by atoms with Crippen LogP contribution in [0.15, 0.2) is 0 Å².